The summed E-state index contributed by atoms with van der Waals surface area (Å²) in [5.74, 6) is -1.08. The fraction of sp³-hybridized carbons (Fsp3) is 0.400. The van der Waals surface area contributed by atoms with E-state index in [1.54, 1.807) is 22.8 Å². The average molecular weight is 304 g/mol. The summed E-state index contributed by atoms with van der Waals surface area (Å²) >= 11 is 1.56. The lowest BCUT2D eigenvalue weighted by molar-refractivity contribution is -0.118. The number of ketones is 1. The van der Waals surface area contributed by atoms with Gasteiger partial charge in [0.05, 0.1) is 5.56 Å². The van der Waals surface area contributed by atoms with E-state index < -0.39 is 18.4 Å². The second kappa shape index (κ2) is 6.55. The Bertz CT molecular complexity index is 648. The minimum Gasteiger partial charge on any atom is -0.454 e. The van der Waals surface area contributed by atoms with Crippen LogP contribution in [0.3, 0.4) is 0 Å². The predicted octanol–water partition coefficient (Wildman–Crippen LogP) is 2.11. The van der Waals surface area contributed by atoms with Crippen LogP contribution < -0.4 is 5.73 Å². The molecule has 2 rings (SSSR count). The standard InChI is InChI=1S/C15H16N2O3S/c1-9(17)11(6-16)13(18)7-20-15(19)12-8-21-14-5-3-2-4-10(12)14/h8H,2-5,7,17H2,1H3/b11-9+. The zero-order valence-corrected chi connectivity index (χ0v) is 12.6. The van der Waals surface area contributed by atoms with Gasteiger partial charge in [-0.2, -0.15) is 5.26 Å². The maximum absolute atomic E-state index is 12.1. The molecule has 0 spiro atoms. The molecule has 2 N–H and O–H groups in total. The van der Waals surface area contributed by atoms with Gasteiger partial charge in [-0.25, -0.2) is 4.79 Å². The summed E-state index contributed by atoms with van der Waals surface area (Å²) in [5, 5.41) is 10.6. The molecule has 1 heterocycles. The number of aryl methyl sites for hydroxylation is 1. The molecule has 1 aliphatic rings. The molecule has 110 valence electrons. The Labute approximate surface area is 127 Å². The number of esters is 1. The highest BCUT2D eigenvalue weighted by Gasteiger charge is 2.22. The van der Waals surface area contributed by atoms with Gasteiger partial charge in [-0.1, -0.05) is 0 Å². The topological polar surface area (TPSA) is 93.2 Å². The van der Waals surface area contributed by atoms with Crippen LogP contribution in [0.5, 0.6) is 0 Å². The molecule has 1 aromatic heterocycles. The van der Waals surface area contributed by atoms with Crippen molar-refractivity contribution in [3.8, 4) is 6.07 Å². The van der Waals surface area contributed by atoms with Crippen molar-refractivity contribution in [2.24, 2.45) is 5.73 Å². The number of ether oxygens (including phenoxy) is 1. The van der Waals surface area contributed by atoms with E-state index in [0.717, 1.165) is 31.2 Å². The first kappa shape index (κ1) is 15.3. The molecule has 0 saturated heterocycles. The first-order valence-electron chi connectivity index (χ1n) is 6.70. The Balaban J connectivity index is 2.03. The third-order valence-corrected chi connectivity index (χ3v) is 4.49. The number of Topliss-reactive ketones (excluding diaryl/α,β-unsaturated/α-hetero) is 1. The number of nitriles is 1. The van der Waals surface area contributed by atoms with Crippen LogP contribution in [-0.4, -0.2) is 18.4 Å². The number of nitrogens with zero attached hydrogens (tertiary/aromatic N) is 1. The van der Waals surface area contributed by atoms with Crippen LogP contribution in [0.2, 0.25) is 0 Å². The summed E-state index contributed by atoms with van der Waals surface area (Å²) in [4.78, 5) is 25.0. The molecule has 21 heavy (non-hydrogen) atoms. The third-order valence-electron chi connectivity index (χ3n) is 3.40. The molecule has 0 radical (unpaired) electrons. The molecule has 5 nitrogen and oxygen atoms in total. The molecule has 0 aromatic carbocycles. The highest BCUT2D eigenvalue weighted by molar-refractivity contribution is 7.10. The number of thiophene rings is 1. The molecule has 1 aromatic rings. The van der Waals surface area contributed by atoms with Crippen molar-refractivity contribution in [2.75, 3.05) is 6.61 Å². The van der Waals surface area contributed by atoms with E-state index in [1.165, 1.54) is 11.8 Å². The summed E-state index contributed by atoms with van der Waals surface area (Å²) < 4.78 is 5.02. The van der Waals surface area contributed by atoms with Crippen molar-refractivity contribution < 1.29 is 14.3 Å². The summed E-state index contributed by atoms with van der Waals surface area (Å²) in [6.45, 7) is 1.01. The quantitative estimate of drug-likeness (QED) is 0.522. The number of allylic oxidation sites excluding steroid dienone is 1. The molecule has 1 aliphatic carbocycles. The first-order chi connectivity index (χ1) is 10.0. The fourth-order valence-electron chi connectivity index (χ4n) is 2.32. The zero-order valence-electron chi connectivity index (χ0n) is 11.8. The normalized spacial score (nSPS) is 14.7. The average Bonchev–Trinajstić information content (AvgIpc) is 2.89. The smallest absolute Gasteiger partial charge is 0.339 e. The van der Waals surface area contributed by atoms with Crippen LogP contribution in [0.4, 0.5) is 0 Å². The Kier molecular flexibility index (Phi) is 4.76. The van der Waals surface area contributed by atoms with Crippen molar-refractivity contribution in [2.45, 2.75) is 32.6 Å². The predicted molar refractivity (Wildman–Crippen MR) is 78.8 cm³/mol. The highest BCUT2D eigenvalue weighted by atomic mass is 32.1. The summed E-state index contributed by atoms with van der Waals surface area (Å²) in [5.41, 5.74) is 7.01. The molecule has 0 fully saturated rings. The van der Waals surface area contributed by atoms with Gasteiger partial charge in [0.2, 0.25) is 5.78 Å². The van der Waals surface area contributed by atoms with Crippen LogP contribution >= 0.6 is 11.3 Å². The minimum absolute atomic E-state index is 0.131. The van der Waals surface area contributed by atoms with Crippen LogP contribution in [0.1, 0.15) is 40.6 Å². The summed E-state index contributed by atoms with van der Waals surface area (Å²) in [6, 6.07) is 1.73. The second-order valence-corrected chi connectivity index (χ2v) is 5.89. The van der Waals surface area contributed by atoms with Gasteiger partial charge >= 0.3 is 5.97 Å². The van der Waals surface area contributed by atoms with E-state index in [0.29, 0.717) is 5.56 Å². The monoisotopic (exact) mass is 304 g/mol. The Morgan fingerprint density at radius 1 is 1.43 bits per heavy atom. The van der Waals surface area contributed by atoms with Crippen molar-refractivity contribution in [1.29, 1.82) is 5.26 Å². The number of carbonyl (C=O) groups is 2. The van der Waals surface area contributed by atoms with Crippen molar-refractivity contribution in [3.05, 3.63) is 32.7 Å². The number of carbonyl (C=O) groups excluding carboxylic acids is 2. The minimum atomic E-state index is -0.574. The Hall–Kier alpha value is -2.13. The molecular weight excluding hydrogens is 288 g/mol. The van der Waals surface area contributed by atoms with Gasteiger partial charge in [0.25, 0.3) is 0 Å². The molecule has 6 heteroatoms. The molecule has 0 bridgehead atoms. The molecule has 0 aliphatic heterocycles. The third kappa shape index (κ3) is 3.31. The van der Waals surface area contributed by atoms with E-state index in [4.69, 9.17) is 15.7 Å². The number of rotatable bonds is 4. The van der Waals surface area contributed by atoms with Crippen LogP contribution in [-0.2, 0) is 22.4 Å². The van der Waals surface area contributed by atoms with Gasteiger partial charge < -0.3 is 10.5 Å². The lowest BCUT2D eigenvalue weighted by Gasteiger charge is -2.12. The van der Waals surface area contributed by atoms with Gasteiger partial charge in [0.1, 0.15) is 11.6 Å². The van der Waals surface area contributed by atoms with E-state index >= 15 is 0 Å². The Morgan fingerprint density at radius 2 is 2.14 bits per heavy atom. The van der Waals surface area contributed by atoms with Gasteiger partial charge in [0, 0.05) is 16.0 Å². The van der Waals surface area contributed by atoms with Gasteiger partial charge in [0.15, 0.2) is 6.61 Å². The van der Waals surface area contributed by atoms with E-state index in [1.807, 2.05) is 0 Å². The lowest BCUT2D eigenvalue weighted by Crippen LogP contribution is -2.18. The maximum atomic E-state index is 12.1. The second-order valence-electron chi connectivity index (χ2n) is 4.93. The van der Waals surface area contributed by atoms with E-state index in [-0.39, 0.29) is 11.3 Å². The number of hydrogen-bond acceptors (Lipinski definition) is 6. The van der Waals surface area contributed by atoms with E-state index in [2.05, 4.69) is 0 Å². The lowest BCUT2D eigenvalue weighted by atomic mass is 9.96. The van der Waals surface area contributed by atoms with E-state index in [9.17, 15) is 9.59 Å². The van der Waals surface area contributed by atoms with Crippen LogP contribution in [0, 0.1) is 11.3 Å². The molecule has 0 unspecified atom stereocenters. The van der Waals surface area contributed by atoms with Crippen molar-refractivity contribution >= 4 is 23.1 Å². The summed E-state index contributed by atoms with van der Waals surface area (Å²) in [7, 11) is 0. The van der Waals surface area contributed by atoms with Gasteiger partial charge in [-0.3, -0.25) is 4.79 Å². The van der Waals surface area contributed by atoms with Gasteiger partial charge in [-0.15, -0.1) is 11.3 Å². The van der Waals surface area contributed by atoms with Crippen molar-refractivity contribution in [1.82, 2.24) is 0 Å². The van der Waals surface area contributed by atoms with Crippen molar-refractivity contribution in [3.63, 3.8) is 0 Å². The first-order valence-corrected chi connectivity index (χ1v) is 7.58. The zero-order chi connectivity index (χ0) is 15.4. The Morgan fingerprint density at radius 3 is 2.81 bits per heavy atom. The molecular formula is C15H16N2O3S. The number of fused-ring (bicyclic) bond motifs is 1. The number of hydrogen-bond donors (Lipinski definition) is 1. The SMILES string of the molecule is C/C(N)=C(/C#N)C(=O)COC(=O)c1csc2c1CCCC2. The molecule has 0 atom stereocenters. The fourth-order valence-corrected chi connectivity index (χ4v) is 3.43. The largest absolute Gasteiger partial charge is 0.454 e. The molecule has 0 amide bonds. The van der Waals surface area contributed by atoms with Crippen LogP contribution in [0.25, 0.3) is 0 Å². The number of nitrogens with two attached hydrogens (primary N) is 1. The summed E-state index contributed by atoms with van der Waals surface area (Å²) in [6.07, 6.45) is 4.09. The molecule has 0 saturated carbocycles. The highest BCUT2D eigenvalue weighted by Crippen LogP contribution is 2.30. The van der Waals surface area contributed by atoms with Crippen LogP contribution in [0.15, 0.2) is 16.7 Å². The van der Waals surface area contributed by atoms with Gasteiger partial charge in [-0.05, 0) is 38.2 Å². The maximum Gasteiger partial charge on any atom is 0.339 e.